The van der Waals surface area contributed by atoms with E-state index in [0.717, 1.165) is 12.8 Å². The molecule has 1 saturated carbocycles. The number of amides is 2. The van der Waals surface area contributed by atoms with Gasteiger partial charge in [-0.3, -0.25) is 14.5 Å². The summed E-state index contributed by atoms with van der Waals surface area (Å²) in [5.41, 5.74) is 5.44. The maximum atomic E-state index is 11.6. The van der Waals surface area contributed by atoms with E-state index in [1.165, 1.54) is 4.90 Å². The standard InChI is InChI=1S/C9H14N2O2/c1-5(4-10)11-8(12)6-2-7(3-6)9(11)13/h5-7H,2-4,10H2,1H3. The molecule has 3 fully saturated rings. The molecule has 1 aliphatic carbocycles. The molecule has 2 amide bonds. The van der Waals surface area contributed by atoms with Gasteiger partial charge in [-0.05, 0) is 19.8 Å². The lowest BCUT2D eigenvalue weighted by atomic mass is 9.69. The lowest BCUT2D eigenvalue weighted by Crippen LogP contribution is -2.60. The molecular formula is C9H14N2O2. The second-order valence-electron chi connectivity index (χ2n) is 4.00. The van der Waals surface area contributed by atoms with Crippen LogP contribution in [-0.2, 0) is 9.59 Å². The molecule has 72 valence electrons. The second kappa shape index (κ2) is 2.80. The van der Waals surface area contributed by atoms with E-state index in [9.17, 15) is 9.59 Å². The summed E-state index contributed by atoms with van der Waals surface area (Å²) in [5.74, 6) is 0.198. The van der Waals surface area contributed by atoms with E-state index in [1.54, 1.807) is 0 Å². The summed E-state index contributed by atoms with van der Waals surface area (Å²) < 4.78 is 0. The molecule has 0 aromatic rings. The number of carbonyl (C=O) groups is 2. The minimum absolute atomic E-state index is 0.00884. The van der Waals surface area contributed by atoms with Gasteiger partial charge in [0.2, 0.25) is 11.8 Å². The van der Waals surface area contributed by atoms with E-state index >= 15 is 0 Å². The first-order valence-electron chi connectivity index (χ1n) is 4.72. The van der Waals surface area contributed by atoms with E-state index in [-0.39, 0.29) is 29.7 Å². The van der Waals surface area contributed by atoms with Crippen LogP contribution >= 0.6 is 0 Å². The average molecular weight is 182 g/mol. The second-order valence-corrected chi connectivity index (χ2v) is 4.00. The first kappa shape index (κ1) is 8.69. The molecule has 13 heavy (non-hydrogen) atoms. The van der Waals surface area contributed by atoms with E-state index < -0.39 is 0 Å². The Morgan fingerprint density at radius 2 is 1.85 bits per heavy atom. The molecule has 1 atom stereocenters. The van der Waals surface area contributed by atoms with Gasteiger partial charge in [0.25, 0.3) is 0 Å². The fraction of sp³-hybridized carbons (Fsp3) is 0.778. The number of piperidine rings is 2. The maximum absolute atomic E-state index is 11.6. The Bertz CT molecular complexity index is 238. The Labute approximate surface area is 77.1 Å². The van der Waals surface area contributed by atoms with E-state index in [1.807, 2.05) is 6.92 Å². The van der Waals surface area contributed by atoms with Gasteiger partial charge in [-0.25, -0.2) is 0 Å². The first-order chi connectivity index (χ1) is 6.15. The van der Waals surface area contributed by atoms with E-state index in [2.05, 4.69) is 0 Å². The van der Waals surface area contributed by atoms with Gasteiger partial charge < -0.3 is 5.73 Å². The van der Waals surface area contributed by atoms with Crippen molar-refractivity contribution in [2.24, 2.45) is 17.6 Å². The van der Waals surface area contributed by atoms with Gasteiger partial charge in [0.05, 0.1) is 0 Å². The summed E-state index contributed by atoms with van der Waals surface area (Å²) in [4.78, 5) is 24.6. The third-order valence-corrected chi connectivity index (χ3v) is 3.09. The summed E-state index contributed by atoms with van der Waals surface area (Å²) in [6.45, 7) is 2.18. The van der Waals surface area contributed by atoms with Crippen molar-refractivity contribution in [1.82, 2.24) is 4.90 Å². The van der Waals surface area contributed by atoms with Crippen LogP contribution < -0.4 is 5.73 Å². The lowest BCUT2D eigenvalue weighted by molar-refractivity contribution is -0.167. The lowest BCUT2D eigenvalue weighted by Gasteiger charge is -2.46. The zero-order valence-corrected chi connectivity index (χ0v) is 7.69. The zero-order chi connectivity index (χ0) is 9.59. The summed E-state index contributed by atoms with van der Waals surface area (Å²) in [5, 5.41) is 0. The highest BCUT2D eigenvalue weighted by Crippen LogP contribution is 2.41. The number of fused-ring (bicyclic) bond motifs is 2. The predicted octanol–water partition coefficient (Wildman–Crippen LogP) is -0.271. The van der Waals surface area contributed by atoms with Crippen molar-refractivity contribution in [3.05, 3.63) is 0 Å². The van der Waals surface area contributed by atoms with Crippen molar-refractivity contribution in [3.8, 4) is 0 Å². The van der Waals surface area contributed by atoms with Gasteiger partial charge in [0.1, 0.15) is 0 Å². The zero-order valence-electron chi connectivity index (χ0n) is 7.69. The van der Waals surface area contributed by atoms with Gasteiger partial charge in [-0.1, -0.05) is 0 Å². The Balaban J connectivity index is 2.18. The topological polar surface area (TPSA) is 63.4 Å². The van der Waals surface area contributed by atoms with Crippen LogP contribution in [0.25, 0.3) is 0 Å². The largest absolute Gasteiger partial charge is 0.328 e. The SMILES string of the molecule is CC(CN)N1C(=O)C2CC(C2)C1=O. The summed E-state index contributed by atoms with van der Waals surface area (Å²) in [6, 6.07) is -0.134. The Hall–Kier alpha value is -0.900. The Kier molecular flexibility index (Phi) is 1.87. The van der Waals surface area contributed by atoms with Crippen molar-refractivity contribution in [2.45, 2.75) is 25.8 Å². The number of nitrogens with two attached hydrogens (primary N) is 1. The third kappa shape index (κ3) is 1.09. The Morgan fingerprint density at radius 3 is 2.23 bits per heavy atom. The summed E-state index contributed by atoms with van der Waals surface area (Å²) in [7, 11) is 0. The minimum Gasteiger partial charge on any atom is -0.328 e. The van der Waals surface area contributed by atoms with Crippen LogP contribution in [0.5, 0.6) is 0 Å². The van der Waals surface area contributed by atoms with Crippen LogP contribution in [0.3, 0.4) is 0 Å². The molecule has 0 radical (unpaired) electrons. The van der Waals surface area contributed by atoms with Crippen molar-refractivity contribution in [1.29, 1.82) is 0 Å². The molecule has 2 aliphatic heterocycles. The number of hydrogen-bond acceptors (Lipinski definition) is 3. The van der Waals surface area contributed by atoms with Gasteiger partial charge in [0.15, 0.2) is 0 Å². The molecule has 0 spiro atoms. The van der Waals surface area contributed by atoms with Crippen LogP contribution in [0.4, 0.5) is 0 Å². The highest BCUT2D eigenvalue weighted by molar-refractivity contribution is 6.03. The number of hydrogen-bond donors (Lipinski definition) is 1. The normalized spacial score (nSPS) is 34.5. The molecule has 2 N–H and O–H groups in total. The minimum atomic E-state index is -0.134. The first-order valence-corrected chi connectivity index (χ1v) is 4.72. The predicted molar refractivity (Wildman–Crippen MR) is 46.6 cm³/mol. The van der Waals surface area contributed by atoms with Crippen LogP contribution in [0.15, 0.2) is 0 Å². The molecule has 0 aromatic carbocycles. The molecule has 2 heterocycles. The molecule has 4 nitrogen and oxygen atoms in total. The molecule has 1 unspecified atom stereocenters. The maximum Gasteiger partial charge on any atom is 0.232 e. The number of carbonyl (C=O) groups excluding carboxylic acids is 2. The Morgan fingerprint density at radius 1 is 1.38 bits per heavy atom. The van der Waals surface area contributed by atoms with E-state index in [0.29, 0.717) is 6.54 Å². The van der Waals surface area contributed by atoms with E-state index in [4.69, 9.17) is 5.73 Å². The molecule has 3 rings (SSSR count). The van der Waals surface area contributed by atoms with Gasteiger partial charge >= 0.3 is 0 Å². The van der Waals surface area contributed by atoms with Crippen molar-refractivity contribution < 1.29 is 9.59 Å². The monoisotopic (exact) mass is 182 g/mol. The highest BCUT2D eigenvalue weighted by Gasteiger charge is 2.50. The van der Waals surface area contributed by atoms with Crippen molar-refractivity contribution in [3.63, 3.8) is 0 Å². The fourth-order valence-electron chi connectivity index (χ4n) is 2.06. The molecular weight excluding hydrogens is 168 g/mol. The van der Waals surface area contributed by atoms with Gasteiger partial charge in [0, 0.05) is 24.4 Å². The quantitative estimate of drug-likeness (QED) is 0.598. The average Bonchev–Trinajstić information content (AvgIpc) is 2.00. The summed E-state index contributed by atoms with van der Waals surface area (Å²) >= 11 is 0. The molecule has 2 bridgehead atoms. The van der Waals surface area contributed by atoms with Crippen molar-refractivity contribution in [2.75, 3.05) is 6.54 Å². The highest BCUT2D eigenvalue weighted by atomic mass is 16.2. The molecule has 2 saturated heterocycles. The molecule has 3 aliphatic rings. The smallest absolute Gasteiger partial charge is 0.232 e. The number of nitrogens with zero attached hydrogens (tertiary/aromatic N) is 1. The third-order valence-electron chi connectivity index (χ3n) is 3.09. The number of rotatable bonds is 2. The summed E-state index contributed by atoms with van der Waals surface area (Å²) in [6.07, 6.45) is 1.54. The van der Waals surface area contributed by atoms with Gasteiger partial charge in [-0.2, -0.15) is 0 Å². The number of imide groups is 1. The van der Waals surface area contributed by atoms with Crippen molar-refractivity contribution >= 4 is 11.8 Å². The molecule has 4 heteroatoms. The van der Waals surface area contributed by atoms with Crippen LogP contribution in [0.2, 0.25) is 0 Å². The van der Waals surface area contributed by atoms with Gasteiger partial charge in [-0.15, -0.1) is 0 Å². The van der Waals surface area contributed by atoms with Crippen LogP contribution in [0.1, 0.15) is 19.8 Å². The molecule has 0 aromatic heterocycles. The fourth-order valence-corrected chi connectivity index (χ4v) is 2.06. The van der Waals surface area contributed by atoms with Crippen LogP contribution in [0, 0.1) is 11.8 Å². The van der Waals surface area contributed by atoms with Crippen LogP contribution in [-0.4, -0.2) is 29.3 Å².